The van der Waals surface area contributed by atoms with Gasteiger partial charge in [0.15, 0.2) is 0 Å². The van der Waals surface area contributed by atoms with E-state index in [1.54, 1.807) is 16.7 Å². The normalized spacial score (nSPS) is 24.4. The van der Waals surface area contributed by atoms with Crippen molar-refractivity contribution in [2.24, 2.45) is 17.8 Å². The van der Waals surface area contributed by atoms with Crippen molar-refractivity contribution < 1.29 is 14.6 Å². The number of ether oxygens (including phenoxy) is 1. The molecule has 0 radical (unpaired) electrons. The Morgan fingerprint density at radius 3 is 2.50 bits per heavy atom. The Hall–Kier alpha value is -3.49. The molecule has 40 heavy (non-hydrogen) atoms. The third kappa shape index (κ3) is 4.73. The van der Waals surface area contributed by atoms with Crippen LogP contribution < -0.4 is 14.9 Å². The quantitative estimate of drug-likeness (QED) is 0.249. The number of aromatic nitrogens is 1. The molecule has 2 saturated carbocycles. The van der Waals surface area contributed by atoms with Crippen molar-refractivity contribution >= 4 is 34.7 Å². The number of phenols is 1. The van der Waals surface area contributed by atoms with Gasteiger partial charge in [0, 0.05) is 21.7 Å². The first-order valence-corrected chi connectivity index (χ1v) is 15.5. The number of nitrogens with zero attached hydrogens (tertiary/aromatic N) is 1. The molecule has 4 aromatic rings. The van der Waals surface area contributed by atoms with Gasteiger partial charge in [-0.05, 0) is 84.5 Å². The number of carbonyl (C=O) groups excluding carboxylic acids is 1. The number of aromatic hydroxyl groups is 1. The van der Waals surface area contributed by atoms with Gasteiger partial charge in [-0.3, -0.25) is 14.2 Å². The lowest BCUT2D eigenvalue weighted by molar-refractivity contribution is -0.116. The molecule has 2 aliphatic carbocycles. The zero-order chi connectivity index (χ0) is 27.2. The monoisotopic (exact) mass is 570 g/mol. The fraction of sp³-hybridized carbons (Fsp3) is 0.312. The summed E-state index contributed by atoms with van der Waals surface area (Å²) in [5, 5.41) is 13.8. The van der Waals surface area contributed by atoms with Gasteiger partial charge in [0.1, 0.15) is 24.7 Å². The highest BCUT2D eigenvalue weighted by atomic mass is 32.2. The number of phenolic OH excluding ortho intramolecular Hbond substituents is 1. The van der Waals surface area contributed by atoms with Crippen molar-refractivity contribution in [2.75, 3.05) is 5.32 Å². The first-order valence-electron chi connectivity index (χ1n) is 13.8. The number of rotatable bonds is 7. The number of amides is 1. The molecule has 1 aliphatic heterocycles. The predicted octanol–water partition coefficient (Wildman–Crippen LogP) is 6.49. The van der Waals surface area contributed by atoms with E-state index in [1.807, 2.05) is 42.1 Å². The number of anilines is 1. The number of nitrogens with one attached hydrogen (secondary N) is 1. The third-order valence-electron chi connectivity index (χ3n) is 8.63. The van der Waals surface area contributed by atoms with Crippen LogP contribution >= 0.6 is 23.1 Å². The minimum absolute atomic E-state index is 0.0248. The second-order valence-electron chi connectivity index (χ2n) is 11.0. The van der Waals surface area contributed by atoms with Crippen molar-refractivity contribution in [1.82, 2.24) is 4.57 Å². The zero-order valence-electron chi connectivity index (χ0n) is 21.9. The average Bonchev–Trinajstić information content (AvgIpc) is 3.67. The molecule has 2 N–H and O–H groups in total. The van der Waals surface area contributed by atoms with Crippen molar-refractivity contribution in [2.45, 2.75) is 48.6 Å². The van der Waals surface area contributed by atoms with Crippen LogP contribution in [-0.2, 0) is 17.9 Å². The summed E-state index contributed by atoms with van der Waals surface area (Å²) in [5.74, 6) is 2.72. The summed E-state index contributed by atoms with van der Waals surface area (Å²) >= 11 is 3.13. The van der Waals surface area contributed by atoms with Gasteiger partial charge in [-0.25, -0.2) is 0 Å². The molecule has 1 aromatic heterocycles. The molecule has 3 aliphatic rings. The van der Waals surface area contributed by atoms with Crippen molar-refractivity contribution in [3.63, 3.8) is 0 Å². The Kier molecular flexibility index (Phi) is 6.68. The standard InChI is InChI=1S/C32H30N2O4S2/c35-24-12-10-23(11-13-24)33-26(36)17-34-31-30(40-32(34)37)27(28-21-6-7-22(16-21)29(28)39-31)20-8-14-25(15-9-20)38-18-19-4-2-1-3-5-19/h1-5,8-15,21-22,27-29,35H,6-7,16-18H2,(H,33,36). The average molecular weight is 571 g/mol. The van der Waals surface area contributed by atoms with Gasteiger partial charge in [0.25, 0.3) is 0 Å². The topological polar surface area (TPSA) is 80.6 Å². The first-order chi connectivity index (χ1) is 19.5. The van der Waals surface area contributed by atoms with Crippen LogP contribution in [0.15, 0.2) is 88.7 Å². The van der Waals surface area contributed by atoms with Gasteiger partial charge in [-0.2, -0.15) is 0 Å². The number of carbonyl (C=O) groups is 1. The van der Waals surface area contributed by atoms with E-state index < -0.39 is 0 Å². The predicted molar refractivity (Wildman–Crippen MR) is 158 cm³/mol. The van der Waals surface area contributed by atoms with Gasteiger partial charge in [-0.1, -0.05) is 53.8 Å². The number of thioether (sulfide) groups is 1. The lowest BCUT2D eigenvalue weighted by Gasteiger charge is -2.40. The van der Waals surface area contributed by atoms with Crippen molar-refractivity contribution in [3.05, 3.63) is 105 Å². The first kappa shape index (κ1) is 25.5. The van der Waals surface area contributed by atoms with E-state index in [9.17, 15) is 14.7 Å². The molecule has 5 unspecified atom stereocenters. The summed E-state index contributed by atoms with van der Waals surface area (Å²) in [5.41, 5.74) is 2.94. The van der Waals surface area contributed by atoms with Crippen LogP contribution in [0.25, 0.3) is 0 Å². The van der Waals surface area contributed by atoms with Crippen LogP contribution in [-0.4, -0.2) is 20.8 Å². The molecule has 1 amide bonds. The van der Waals surface area contributed by atoms with Gasteiger partial charge in [0.05, 0.1) is 5.03 Å². The van der Waals surface area contributed by atoms with E-state index in [0.29, 0.717) is 35.3 Å². The van der Waals surface area contributed by atoms with Crippen molar-refractivity contribution in [3.8, 4) is 11.5 Å². The molecule has 2 fully saturated rings. The van der Waals surface area contributed by atoms with E-state index in [4.69, 9.17) is 4.74 Å². The molecule has 6 nitrogen and oxygen atoms in total. The second-order valence-corrected chi connectivity index (χ2v) is 13.2. The molecule has 2 bridgehead atoms. The van der Waals surface area contributed by atoms with Crippen molar-refractivity contribution in [1.29, 1.82) is 0 Å². The fourth-order valence-electron chi connectivity index (χ4n) is 6.86. The number of fused-ring (bicyclic) bond motifs is 6. The maximum absolute atomic E-state index is 13.3. The number of hydrogen-bond donors (Lipinski definition) is 2. The van der Waals surface area contributed by atoms with E-state index in [-0.39, 0.29) is 29.0 Å². The minimum atomic E-state index is -0.250. The number of hydrogen-bond acceptors (Lipinski definition) is 6. The summed E-state index contributed by atoms with van der Waals surface area (Å²) in [4.78, 5) is 27.3. The molecule has 5 atom stereocenters. The van der Waals surface area contributed by atoms with Crippen LogP contribution in [0.2, 0.25) is 0 Å². The van der Waals surface area contributed by atoms with E-state index in [0.717, 1.165) is 21.2 Å². The van der Waals surface area contributed by atoms with Crippen LogP contribution in [0.1, 0.15) is 41.2 Å². The van der Waals surface area contributed by atoms with Gasteiger partial charge < -0.3 is 15.2 Å². The Bertz CT molecular complexity index is 1580. The maximum atomic E-state index is 13.3. The molecule has 204 valence electrons. The van der Waals surface area contributed by atoms with Gasteiger partial charge >= 0.3 is 4.87 Å². The highest BCUT2D eigenvalue weighted by Crippen LogP contribution is 2.64. The summed E-state index contributed by atoms with van der Waals surface area (Å²) in [7, 11) is 0. The molecule has 0 spiro atoms. The van der Waals surface area contributed by atoms with E-state index in [1.165, 1.54) is 48.3 Å². The third-order valence-corrected chi connectivity index (χ3v) is 11.5. The second kappa shape index (κ2) is 10.5. The molecule has 0 saturated heterocycles. The fourth-order valence-corrected chi connectivity index (χ4v) is 10.0. The largest absolute Gasteiger partial charge is 0.508 e. The lowest BCUT2D eigenvalue weighted by atomic mass is 9.75. The SMILES string of the molecule is O=C(Cn1c2c(sc1=O)C(c1ccc(OCc3ccccc3)cc1)C1C3CCC(C3)C1S2)Nc1ccc(O)cc1. The van der Waals surface area contributed by atoms with E-state index in [2.05, 4.69) is 29.6 Å². The van der Waals surface area contributed by atoms with Crippen LogP contribution in [0.4, 0.5) is 5.69 Å². The molecule has 7 rings (SSSR count). The highest BCUT2D eigenvalue weighted by molar-refractivity contribution is 8.00. The Morgan fingerprint density at radius 2 is 1.73 bits per heavy atom. The molecular formula is C32H30N2O4S2. The molecular weight excluding hydrogens is 540 g/mol. The summed E-state index contributed by atoms with van der Waals surface area (Å²) in [6, 6.07) is 24.9. The molecule has 2 heterocycles. The highest BCUT2D eigenvalue weighted by Gasteiger charge is 2.55. The molecule has 8 heteroatoms. The zero-order valence-corrected chi connectivity index (χ0v) is 23.5. The number of benzene rings is 3. The summed E-state index contributed by atoms with van der Waals surface area (Å²) in [6.07, 6.45) is 3.78. The van der Waals surface area contributed by atoms with Gasteiger partial charge in [-0.15, -0.1) is 11.8 Å². The Balaban J connectivity index is 1.17. The smallest absolute Gasteiger partial charge is 0.308 e. The maximum Gasteiger partial charge on any atom is 0.308 e. The Morgan fingerprint density at radius 1 is 0.975 bits per heavy atom. The van der Waals surface area contributed by atoms with Crippen LogP contribution in [0.3, 0.4) is 0 Å². The summed E-state index contributed by atoms with van der Waals surface area (Å²) in [6.45, 7) is 0.499. The molecule has 3 aromatic carbocycles. The summed E-state index contributed by atoms with van der Waals surface area (Å²) < 4.78 is 7.72. The van der Waals surface area contributed by atoms with E-state index >= 15 is 0 Å². The lowest BCUT2D eigenvalue weighted by Crippen LogP contribution is -2.34. The van der Waals surface area contributed by atoms with Gasteiger partial charge in [0.2, 0.25) is 5.91 Å². The number of thiazole rings is 1. The van der Waals surface area contributed by atoms with Crippen LogP contribution in [0.5, 0.6) is 11.5 Å². The minimum Gasteiger partial charge on any atom is -0.508 e. The van der Waals surface area contributed by atoms with Crippen LogP contribution in [0, 0.1) is 17.8 Å². The Labute approximate surface area is 241 Å².